The lowest BCUT2D eigenvalue weighted by atomic mass is 9.88. The third kappa shape index (κ3) is 5.49. The summed E-state index contributed by atoms with van der Waals surface area (Å²) >= 11 is 1.85. The van der Waals surface area contributed by atoms with Crippen LogP contribution >= 0.6 is 36.6 Å². The van der Waals surface area contributed by atoms with Crippen molar-refractivity contribution in [2.75, 3.05) is 52.0 Å². The first-order valence-electron chi connectivity index (χ1n) is 10.3. The fourth-order valence-electron chi connectivity index (χ4n) is 4.72. The number of ether oxygens (including phenoxy) is 2. The molecule has 3 fully saturated rings. The van der Waals surface area contributed by atoms with E-state index in [4.69, 9.17) is 9.47 Å². The van der Waals surface area contributed by atoms with Crippen molar-refractivity contribution < 1.29 is 14.3 Å². The van der Waals surface area contributed by atoms with E-state index < -0.39 is 0 Å². The van der Waals surface area contributed by atoms with Crippen molar-refractivity contribution in [3.05, 3.63) is 23.8 Å². The molecular weight excluding hydrogens is 445 g/mol. The number of hydrogen-bond acceptors (Lipinski definition) is 6. The van der Waals surface area contributed by atoms with E-state index in [2.05, 4.69) is 16.3 Å². The van der Waals surface area contributed by atoms with Crippen molar-refractivity contribution in [2.45, 2.75) is 37.3 Å². The maximum atomic E-state index is 12.6. The quantitative estimate of drug-likeness (QED) is 0.703. The molecule has 0 saturated carbocycles. The Morgan fingerprint density at radius 2 is 1.90 bits per heavy atom. The molecule has 1 amide bonds. The zero-order valence-corrected chi connectivity index (χ0v) is 20.1. The highest BCUT2D eigenvalue weighted by atomic mass is 35.5. The van der Waals surface area contributed by atoms with Crippen LogP contribution in [0.1, 0.15) is 30.7 Å². The maximum absolute atomic E-state index is 12.6. The van der Waals surface area contributed by atoms with Gasteiger partial charge in [0.1, 0.15) is 11.5 Å². The van der Waals surface area contributed by atoms with Crippen LogP contribution in [0.5, 0.6) is 11.5 Å². The minimum absolute atomic E-state index is 0. The van der Waals surface area contributed by atoms with Gasteiger partial charge in [-0.2, -0.15) is 0 Å². The minimum atomic E-state index is 0. The molecule has 9 heteroatoms. The summed E-state index contributed by atoms with van der Waals surface area (Å²) in [6.07, 6.45) is 3.19. The van der Waals surface area contributed by atoms with Gasteiger partial charge in [-0.1, -0.05) is 6.07 Å². The van der Waals surface area contributed by atoms with Crippen molar-refractivity contribution >= 4 is 42.5 Å². The SMILES string of the molecule is COc1ccc(C2CCN([C@@H]3CN[C@H](C(=O)N4CCSC4)C3)CC2)c(OC)c1.Cl.Cl. The van der Waals surface area contributed by atoms with Crippen molar-refractivity contribution in [3.63, 3.8) is 0 Å². The number of nitrogens with one attached hydrogen (secondary N) is 1. The van der Waals surface area contributed by atoms with E-state index >= 15 is 0 Å². The first-order chi connectivity index (χ1) is 13.7. The summed E-state index contributed by atoms with van der Waals surface area (Å²) in [5, 5.41) is 3.48. The maximum Gasteiger partial charge on any atom is 0.240 e. The van der Waals surface area contributed by atoms with Crippen molar-refractivity contribution in [2.24, 2.45) is 0 Å². The van der Waals surface area contributed by atoms with Gasteiger partial charge in [0.15, 0.2) is 0 Å². The van der Waals surface area contributed by atoms with E-state index in [0.29, 0.717) is 17.9 Å². The first-order valence-corrected chi connectivity index (χ1v) is 11.4. The van der Waals surface area contributed by atoms with E-state index in [1.165, 1.54) is 5.56 Å². The number of carbonyl (C=O) groups is 1. The number of benzene rings is 1. The normalized spacial score (nSPS) is 24.8. The van der Waals surface area contributed by atoms with Gasteiger partial charge >= 0.3 is 0 Å². The molecule has 1 aromatic carbocycles. The van der Waals surface area contributed by atoms with Crippen LogP contribution < -0.4 is 14.8 Å². The van der Waals surface area contributed by atoms with Gasteiger partial charge in [0.2, 0.25) is 5.91 Å². The number of carbonyl (C=O) groups excluding carboxylic acids is 1. The van der Waals surface area contributed by atoms with Crippen LogP contribution in [0.3, 0.4) is 0 Å². The summed E-state index contributed by atoms with van der Waals surface area (Å²) in [6.45, 7) is 3.98. The van der Waals surface area contributed by atoms with Crippen LogP contribution in [0, 0.1) is 0 Å². The Bertz CT molecular complexity index is 698. The molecule has 0 radical (unpaired) electrons. The highest BCUT2D eigenvalue weighted by molar-refractivity contribution is 7.99. The fourth-order valence-corrected chi connectivity index (χ4v) is 5.68. The molecule has 3 heterocycles. The topological polar surface area (TPSA) is 54.0 Å². The van der Waals surface area contributed by atoms with Gasteiger partial charge < -0.3 is 19.7 Å². The second-order valence-electron chi connectivity index (χ2n) is 7.91. The molecule has 2 atom stereocenters. The predicted molar refractivity (Wildman–Crippen MR) is 127 cm³/mol. The first kappa shape index (κ1) is 25.4. The molecule has 0 unspecified atom stereocenters. The average Bonchev–Trinajstić information content (AvgIpc) is 3.45. The van der Waals surface area contributed by atoms with Gasteiger partial charge in [-0.3, -0.25) is 9.69 Å². The third-order valence-electron chi connectivity index (χ3n) is 6.40. The van der Waals surface area contributed by atoms with E-state index in [9.17, 15) is 4.79 Å². The monoisotopic (exact) mass is 477 g/mol. The van der Waals surface area contributed by atoms with Gasteiger partial charge in [0.25, 0.3) is 0 Å². The summed E-state index contributed by atoms with van der Waals surface area (Å²) in [7, 11) is 3.41. The zero-order chi connectivity index (χ0) is 19.5. The molecular formula is C21H33Cl2N3O3S. The molecule has 170 valence electrons. The molecule has 0 aromatic heterocycles. The van der Waals surface area contributed by atoms with Gasteiger partial charge in [-0.25, -0.2) is 0 Å². The van der Waals surface area contributed by atoms with Gasteiger partial charge in [0, 0.05) is 31.0 Å². The third-order valence-corrected chi connectivity index (χ3v) is 7.36. The summed E-state index contributed by atoms with van der Waals surface area (Å²) in [4.78, 5) is 17.2. The zero-order valence-electron chi connectivity index (χ0n) is 17.7. The lowest BCUT2D eigenvalue weighted by Gasteiger charge is -2.36. The number of amides is 1. The van der Waals surface area contributed by atoms with Crippen LogP contribution in [0.2, 0.25) is 0 Å². The predicted octanol–water partition coefficient (Wildman–Crippen LogP) is 2.99. The largest absolute Gasteiger partial charge is 0.497 e. The second-order valence-corrected chi connectivity index (χ2v) is 8.98. The van der Waals surface area contributed by atoms with Crippen LogP contribution in [0.4, 0.5) is 0 Å². The number of nitrogens with zero attached hydrogens (tertiary/aromatic N) is 2. The molecule has 3 aliphatic rings. The van der Waals surface area contributed by atoms with Gasteiger partial charge in [-0.05, 0) is 49.9 Å². The van der Waals surface area contributed by atoms with Crippen LogP contribution in [-0.2, 0) is 4.79 Å². The number of rotatable bonds is 5. The second kappa shape index (κ2) is 11.7. The molecule has 1 aromatic rings. The van der Waals surface area contributed by atoms with Gasteiger partial charge in [-0.15, -0.1) is 36.6 Å². The van der Waals surface area contributed by atoms with Gasteiger partial charge in [0.05, 0.1) is 26.1 Å². The van der Waals surface area contributed by atoms with Crippen molar-refractivity contribution in [1.29, 1.82) is 0 Å². The van der Waals surface area contributed by atoms with E-state index in [1.54, 1.807) is 14.2 Å². The average molecular weight is 478 g/mol. The summed E-state index contributed by atoms with van der Waals surface area (Å²) in [5.74, 6) is 4.51. The molecule has 3 saturated heterocycles. The van der Waals surface area contributed by atoms with Crippen molar-refractivity contribution in [3.8, 4) is 11.5 Å². The Balaban J connectivity index is 0.00000160. The summed E-state index contributed by atoms with van der Waals surface area (Å²) in [6, 6.07) is 6.64. The standard InChI is InChI=1S/C21H31N3O3S.2ClH/c1-26-17-3-4-18(20(12-17)27-2)15-5-7-23(8-6-15)16-11-19(22-13-16)21(25)24-9-10-28-14-24;;/h3-4,12,15-16,19,22H,5-11,13-14H2,1-2H3;2*1H/t16-,19-;;/m0../s1. The Hall–Kier alpha value is -0.860. The molecule has 30 heavy (non-hydrogen) atoms. The van der Waals surface area contributed by atoms with Crippen LogP contribution in [-0.4, -0.2) is 79.8 Å². The molecule has 1 N–H and O–H groups in total. The lowest BCUT2D eigenvalue weighted by molar-refractivity contribution is -0.131. The molecule has 0 spiro atoms. The number of halogens is 2. The molecule has 4 rings (SSSR count). The van der Waals surface area contributed by atoms with Crippen molar-refractivity contribution in [1.82, 2.24) is 15.1 Å². The molecule has 0 aliphatic carbocycles. The molecule has 0 bridgehead atoms. The number of hydrogen-bond donors (Lipinski definition) is 1. The Morgan fingerprint density at radius 1 is 1.13 bits per heavy atom. The highest BCUT2D eigenvalue weighted by Gasteiger charge is 2.37. The van der Waals surface area contributed by atoms with E-state index in [-0.39, 0.29) is 30.9 Å². The fraction of sp³-hybridized carbons (Fsp3) is 0.667. The van der Waals surface area contributed by atoms with E-state index in [0.717, 1.165) is 68.6 Å². The van der Waals surface area contributed by atoms with E-state index in [1.807, 2.05) is 28.8 Å². The van der Waals surface area contributed by atoms with Crippen LogP contribution in [0.15, 0.2) is 18.2 Å². The number of methoxy groups -OCH3 is 2. The smallest absolute Gasteiger partial charge is 0.240 e. The lowest BCUT2D eigenvalue weighted by Crippen LogP contribution is -2.42. The Labute approximate surface area is 196 Å². The minimum Gasteiger partial charge on any atom is -0.497 e. The molecule has 6 nitrogen and oxygen atoms in total. The highest BCUT2D eigenvalue weighted by Crippen LogP contribution is 2.37. The number of likely N-dealkylation sites (tertiary alicyclic amines) is 1. The molecule has 3 aliphatic heterocycles. The summed E-state index contributed by atoms with van der Waals surface area (Å²) in [5.41, 5.74) is 1.28. The summed E-state index contributed by atoms with van der Waals surface area (Å²) < 4.78 is 10.9. The number of piperidine rings is 1. The Kier molecular flexibility index (Phi) is 9.88. The number of thioether (sulfide) groups is 1. The Morgan fingerprint density at radius 3 is 2.53 bits per heavy atom. The van der Waals surface area contributed by atoms with Crippen LogP contribution in [0.25, 0.3) is 0 Å².